The second-order valence-electron chi connectivity index (χ2n) is 9.31. The van der Waals surface area contributed by atoms with Crippen LogP contribution in [0.25, 0.3) is 10.9 Å². The maximum Gasteiger partial charge on any atom is 0.163 e. The molecule has 0 unspecified atom stereocenters. The molecule has 5 rings (SSSR count). The van der Waals surface area contributed by atoms with Gasteiger partial charge in [-0.2, -0.15) is 0 Å². The highest BCUT2D eigenvalue weighted by Gasteiger charge is 2.39. The van der Waals surface area contributed by atoms with Crippen LogP contribution in [0, 0.1) is 19.3 Å². The van der Waals surface area contributed by atoms with Gasteiger partial charge in [-0.15, -0.1) is 0 Å². The maximum absolute atomic E-state index is 13.4. The molecule has 1 aromatic heterocycles. The van der Waals surface area contributed by atoms with Gasteiger partial charge in [0.1, 0.15) is 0 Å². The average Bonchev–Trinajstić information content (AvgIpc) is 3.00. The first-order chi connectivity index (χ1) is 13.8. The van der Waals surface area contributed by atoms with E-state index in [0.717, 1.165) is 45.5 Å². The number of para-hydroxylation sites is 1. The van der Waals surface area contributed by atoms with Gasteiger partial charge in [0.25, 0.3) is 0 Å². The minimum Gasteiger partial charge on any atom is -0.372 e. The number of rotatable bonds is 1. The van der Waals surface area contributed by atoms with Gasteiger partial charge in [-0.1, -0.05) is 32.0 Å². The van der Waals surface area contributed by atoms with Crippen LogP contribution >= 0.6 is 0 Å². The van der Waals surface area contributed by atoms with Gasteiger partial charge in [-0.3, -0.25) is 4.79 Å². The van der Waals surface area contributed by atoms with Gasteiger partial charge < -0.3 is 15.6 Å². The summed E-state index contributed by atoms with van der Waals surface area (Å²) in [7, 11) is 0. The van der Waals surface area contributed by atoms with Crippen LogP contribution in [-0.2, 0) is 4.79 Å². The molecule has 2 heterocycles. The van der Waals surface area contributed by atoms with Crippen LogP contribution in [0.5, 0.6) is 0 Å². The molecule has 1 aliphatic heterocycles. The van der Waals surface area contributed by atoms with E-state index in [2.05, 4.69) is 73.6 Å². The SMILES string of the molecule is Cc1cc2c(cc1C)N[C@@H](c1c[nH]c3ccccc13)C1=C(CC(C)(C)CC1=O)N2. The van der Waals surface area contributed by atoms with Gasteiger partial charge in [0.15, 0.2) is 5.78 Å². The quantitative estimate of drug-likeness (QED) is 0.481. The zero-order valence-corrected chi connectivity index (χ0v) is 17.4. The summed E-state index contributed by atoms with van der Waals surface area (Å²) in [4.78, 5) is 16.8. The molecule has 3 N–H and O–H groups in total. The number of ketones is 1. The molecule has 148 valence electrons. The van der Waals surface area contributed by atoms with Crippen molar-refractivity contribution in [2.24, 2.45) is 5.41 Å². The minimum atomic E-state index is -0.180. The van der Waals surface area contributed by atoms with Crippen LogP contribution in [0.15, 0.2) is 53.9 Å². The number of aryl methyl sites for hydroxylation is 2. The summed E-state index contributed by atoms with van der Waals surface area (Å²) >= 11 is 0. The first kappa shape index (κ1) is 18.0. The summed E-state index contributed by atoms with van der Waals surface area (Å²) in [5.41, 5.74) is 8.67. The first-order valence-corrected chi connectivity index (χ1v) is 10.3. The second kappa shape index (κ2) is 6.24. The number of carbonyl (C=O) groups is 1. The Balaban J connectivity index is 1.74. The molecule has 0 radical (unpaired) electrons. The number of allylic oxidation sites excluding steroid dienone is 1. The Morgan fingerprint density at radius 1 is 1.00 bits per heavy atom. The molecule has 1 aliphatic carbocycles. The zero-order chi connectivity index (χ0) is 20.3. The van der Waals surface area contributed by atoms with Crippen LogP contribution in [0.1, 0.15) is 49.4 Å². The van der Waals surface area contributed by atoms with Crippen molar-refractivity contribution in [2.45, 2.75) is 46.6 Å². The summed E-state index contributed by atoms with van der Waals surface area (Å²) in [6.07, 6.45) is 3.48. The van der Waals surface area contributed by atoms with Gasteiger partial charge in [-0.25, -0.2) is 0 Å². The molecular weight excluding hydrogens is 358 g/mol. The van der Waals surface area contributed by atoms with Crippen LogP contribution < -0.4 is 10.6 Å². The fourth-order valence-corrected chi connectivity index (χ4v) is 4.78. The van der Waals surface area contributed by atoms with E-state index >= 15 is 0 Å². The lowest BCUT2D eigenvalue weighted by molar-refractivity contribution is -0.118. The molecule has 4 nitrogen and oxygen atoms in total. The molecule has 4 heteroatoms. The lowest BCUT2D eigenvalue weighted by atomic mass is 9.73. The number of anilines is 2. The fraction of sp³-hybridized carbons (Fsp3) is 0.320. The van der Waals surface area contributed by atoms with Crippen molar-refractivity contribution >= 4 is 28.1 Å². The summed E-state index contributed by atoms with van der Waals surface area (Å²) in [5, 5.41) is 8.51. The Labute approximate surface area is 171 Å². The van der Waals surface area contributed by atoms with E-state index in [4.69, 9.17) is 0 Å². The highest BCUT2D eigenvalue weighted by Crippen LogP contribution is 2.46. The number of hydrogen-bond donors (Lipinski definition) is 3. The normalized spacial score (nSPS) is 20.6. The number of Topliss-reactive ketones (excluding diaryl/α,β-unsaturated/α-hetero) is 1. The van der Waals surface area contributed by atoms with E-state index in [0.29, 0.717) is 6.42 Å². The molecule has 1 atom stereocenters. The summed E-state index contributed by atoms with van der Waals surface area (Å²) in [6.45, 7) is 8.61. The standard InChI is InChI=1S/C25H27N3O/c1-14-9-19-20(10-15(14)2)28-24(17-13-26-18-8-6-5-7-16(17)18)23-21(27-19)11-25(3,4)12-22(23)29/h5-10,13,24,26-28H,11-12H2,1-4H3/t24-/m0/s1. The predicted molar refractivity (Wildman–Crippen MR) is 119 cm³/mol. The number of aromatic amines is 1. The zero-order valence-electron chi connectivity index (χ0n) is 17.4. The summed E-state index contributed by atoms with van der Waals surface area (Å²) < 4.78 is 0. The molecule has 0 saturated heterocycles. The average molecular weight is 386 g/mol. The van der Waals surface area contributed by atoms with E-state index in [-0.39, 0.29) is 17.2 Å². The number of fused-ring (bicyclic) bond motifs is 2. The van der Waals surface area contributed by atoms with E-state index in [1.807, 2.05) is 12.3 Å². The predicted octanol–water partition coefficient (Wildman–Crippen LogP) is 6.01. The molecule has 0 fully saturated rings. The van der Waals surface area contributed by atoms with Crippen molar-refractivity contribution < 1.29 is 4.79 Å². The van der Waals surface area contributed by atoms with Crippen molar-refractivity contribution in [1.29, 1.82) is 0 Å². The van der Waals surface area contributed by atoms with E-state index < -0.39 is 0 Å². The van der Waals surface area contributed by atoms with Gasteiger partial charge >= 0.3 is 0 Å². The van der Waals surface area contributed by atoms with Crippen molar-refractivity contribution in [3.05, 3.63) is 70.6 Å². The molecule has 29 heavy (non-hydrogen) atoms. The van der Waals surface area contributed by atoms with Crippen molar-refractivity contribution in [3.8, 4) is 0 Å². The number of hydrogen-bond acceptors (Lipinski definition) is 3. The Bertz CT molecular complexity index is 1180. The van der Waals surface area contributed by atoms with E-state index in [1.54, 1.807) is 0 Å². The molecule has 2 aliphatic rings. The van der Waals surface area contributed by atoms with Gasteiger partial charge in [0, 0.05) is 40.4 Å². The summed E-state index contributed by atoms with van der Waals surface area (Å²) in [5.74, 6) is 0.229. The summed E-state index contributed by atoms with van der Waals surface area (Å²) in [6, 6.07) is 12.5. The Morgan fingerprint density at radius 2 is 1.72 bits per heavy atom. The Morgan fingerprint density at radius 3 is 2.52 bits per heavy atom. The topological polar surface area (TPSA) is 56.9 Å². The smallest absolute Gasteiger partial charge is 0.163 e. The van der Waals surface area contributed by atoms with Crippen LogP contribution in [0.2, 0.25) is 0 Å². The number of nitrogens with one attached hydrogen (secondary N) is 3. The number of aromatic nitrogens is 1. The lowest BCUT2D eigenvalue weighted by Crippen LogP contribution is -2.31. The molecule has 0 amide bonds. The van der Waals surface area contributed by atoms with Crippen molar-refractivity contribution in [1.82, 2.24) is 4.98 Å². The monoisotopic (exact) mass is 385 g/mol. The van der Waals surface area contributed by atoms with Gasteiger partial charge in [0.2, 0.25) is 0 Å². The highest BCUT2D eigenvalue weighted by molar-refractivity contribution is 6.02. The molecule has 0 saturated carbocycles. The fourth-order valence-electron chi connectivity index (χ4n) is 4.78. The van der Waals surface area contributed by atoms with E-state index in [9.17, 15) is 4.79 Å². The second-order valence-corrected chi connectivity index (χ2v) is 9.31. The van der Waals surface area contributed by atoms with Crippen LogP contribution in [0.4, 0.5) is 11.4 Å². The van der Waals surface area contributed by atoms with Gasteiger partial charge in [-0.05, 0) is 55.0 Å². The Hall–Kier alpha value is -3.01. The van der Waals surface area contributed by atoms with E-state index in [1.165, 1.54) is 11.1 Å². The van der Waals surface area contributed by atoms with Crippen LogP contribution in [0.3, 0.4) is 0 Å². The minimum absolute atomic E-state index is 0.0437. The third kappa shape index (κ3) is 2.94. The molecule has 0 spiro atoms. The number of carbonyl (C=O) groups excluding carboxylic acids is 1. The first-order valence-electron chi connectivity index (χ1n) is 10.3. The largest absolute Gasteiger partial charge is 0.372 e. The lowest BCUT2D eigenvalue weighted by Gasteiger charge is -2.34. The number of benzene rings is 2. The van der Waals surface area contributed by atoms with Gasteiger partial charge in [0.05, 0.1) is 17.4 Å². The highest BCUT2D eigenvalue weighted by atomic mass is 16.1. The Kier molecular flexibility index (Phi) is 3.89. The number of H-pyrrole nitrogens is 1. The molecule has 0 bridgehead atoms. The maximum atomic E-state index is 13.4. The van der Waals surface area contributed by atoms with Crippen LogP contribution in [-0.4, -0.2) is 10.8 Å². The van der Waals surface area contributed by atoms with Crippen molar-refractivity contribution in [2.75, 3.05) is 10.6 Å². The molecule has 3 aromatic rings. The third-order valence-corrected chi connectivity index (χ3v) is 6.36. The van der Waals surface area contributed by atoms with Crippen molar-refractivity contribution in [3.63, 3.8) is 0 Å². The molecule has 2 aromatic carbocycles. The third-order valence-electron chi connectivity index (χ3n) is 6.36. The molecular formula is C25H27N3O.